The summed E-state index contributed by atoms with van der Waals surface area (Å²) in [4.78, 5) is 0. The van der Waals surface area contributed by atoms with Crippen LogP contribution in [0.5, 0.6) is 0 Å². The molecule has 14 heavy (non-hydrogen) atoms. The van der Waals surface area contributed by atoms with Crippen LogP contribution in [0.15, 0.2) is 0 Å². The smallest absolute Gasteiger partial charge is 0.0431 e. The molecule has 0 aromatic carbocycles. The van der Waals surface area contributed by atoms with Gasteiger partial charge in [-0.1, -0.05) is 61.1 Å². The van der Waals surface area contributed by atoms with Crippen molar-refractivity contribution >= 4 is 22.6 Å². The zero-order valence-electron chi connectivity index (χ0n) is 9.05. The molecule has 1 aliphatic rings. The maximum Gasteiger partial charge on any atom is 0.0431 e. The Hall–Kier alpha value is 0.690. The van der Waals surface area contributed by atoms with Crippen molar-refractivity contribution in [2.45, 2.75) is 61.7 Å². The van der Waals surface area contributed by atoms with Gasteiger partial charge in [0.25, 0.3) is 0 Å². The van der Waals surface area contributed by atoms with Crippen molar-refractivity contribution in [2.24, 2.45) is 5.92 Å². The van der Waals surface area contributed by atoms with E-state index in [9.17, 15) is 0 Å². The first kappa shape index (κ1) is 12.8. The molecule has 1 aliphatic carbocycles. The highest BCUT2D eigenvalue weighted by Gasteiger charge is 2.33. The number of hydrogen-bond donors (Lipinski definition) is 1. The van der Waals surface area contributed by atoms with Gasteiger partial charge in [0.15, 0.2) is 0 Å². The van der Waals surface area contributed by atoms with Gasteiger partial charge in [-0.3, -0.25) is 0 Å². The standard InChI is InChI=1S/C12H23IO/c13-12-10-11(12)8-6-4-2-1-3-5-7-9-14/h11-12,14H,1-10H2/t11-,12-/m0/s1. The molecule has 0 aromatic heterocycles. The van der Waals surface area contributed by atoms with Gasteiger partial charge >= 0.3 is 0 Å². The van der Waals surface area contributed by atoms with Crippen molar-refractivity contribution in [3.63, 3.8) is 0 Å². The Bertz CT molecular complexity index is 138. The first-order chi connectivity index (χ1) is 6.84. The number of aliphatic hydroxyl groups is 1. The molecule has 0 spiro atoms. The van der Waals surface area contributed by atoms with E-state index in [1.165, 1.54) is 51.4 Å². The molecular formula is C12H23IO. The largest absolute Gasteiger partial charge is 0.396 e. The molecule has 1 rings (SSSR count). The molecule has 1 fully saturated rings. The fourth-order valence-corrected chi connectivity index (χ4v) is 2.92. The number of unbranched alkanes of at least 4 members (excludes halogenated alkanes) is 6. The van der Waals surface area contributed by atoms with Gasteiger partial charge in [0.2, 0.25) is 0 Å². The SMILES string of the molecule is OCCCCCCCCC[C@H]1C[C@@H]1I. The Morgan fingerprint density at radius 1 is 0.929 bits per heavy atom. The van der Waals surface area contributed by atoms with Gasteiger partial charge in [0.05, 0.1) is 0 Å². The van der Waals surface area contributed by atoms with Gasteiger partial charge in [-0.05, 0) is 25.2 Å². The molecule has 0 heterocycles. The number of alkyl halides is 1. The highest BCUT2D eigenvalue weighted by molar-refractivity contribution is 14.1. The summed E-state index contributed by atoms with van der Waals surface area (Å²) >= 11 is 2.58. The summed E-state index contributed by atoms with van der Waals surface area (Å²) in [6.45, 7) is 0.374. The van der Waals surface area contributed by atoms with E-state index >= 15 is 0 Å². The predicted molar refractivity (Wildman–Crippen MR) is 69.9 cm³/mol. The van der Waals surface area contributed by atoms with Crippen LogP contribution >= 0.6 is 22.6 Å². The average molecular weight is 310 g/mol. The van der Waals surface area contributed by atoms with Crippen molar-refractivity contribution in [1.82, 2.24) is 0 Å². The van der Waals surface area contributed by atoms with Crippen LogP contribution in [0.25, 0.3) is 0 Å². The summed E-state index contributed by atoms with van der Waals surface area (Å²) in [6.07, 6.45) is 12.2. The van der Waals surface area contributed by atoms with Crippen LogP contribution in [0.4, 0.5) is 0 Å². The molecule has 0 radical (unpaired) electrons. The predicted octanol–water partition coefficient (Wildman–Crippen LogP) is 3.92. The lowest BCUT2D eigenvalue weighted by atomic mass is 10.1. The summed E-state index contributed by atoms with van der Waals surface area (Å²) < 4.78 is 1.01. The van der Waals surface area contributed by atoms with Crippen LogP contribution < -0.4 is 0 Å². The van der Waals surface area contributed by atoms with Crippen LogP contribution in [0.2, 0.25) is 0 Å². The van der Waals surface area contributed by atoms with E-state index in [0.29, 0.717) is 6.61 Å². The van der Waals surface area contributed by atoms with Crippen LogP contribution in [0.3, 0.4) is 0 Å². The second-order valence-electron chi connectivity index (χ2n) is 4.50. The molecule has 0 amide bonds. The normalized spacial score (nSPS) is 25.3. The molecule has 0 bridgehead atoms. The summed E-state index contributed by atoms with van der Waals surface area (Å²) in [5.41, 5.74) is 0. The lowest BCUT2D eigenvalue weighted by Crippen LogP contribution is -1.85. The number of hydrogen-bond acceptors (Lipinski definition) is 1. The minimum absolute atomic E-state index is 0.374. The molecule has 1 nitrogen and oxygen atoms in total. The van der Waals surface area contributed by atoms with E-state index in [0.717, 1.165) is 16.3 Å². The quantitative estimate of drug-likeness (QED) is 0.389. The molecule has 0 saturated heterocycles. The Balaban J connectivity index is 1.68. The van der Waals surface area contributed by atoms with Crippen molar-refractivity contribution in [2.75, 3.05) is 6.61 Å². The molecule has 2 heteroatoms. The Kier molecular flexibility index (Phi) is 7.21. The molecular weight excluding hydrogens is 287 g/mol. The highest BCUT2D eigenvalue weighted by Crippen LogP contribution is 2.41. The molecule has 0 aromatic rings. The molecule has 84 valence electrons. The zero-order valence-corrected chi connectivity index (χ0v) is 11.2. The number of halogens is 1. The van der Waals surface area contributed by atoms with Crippen molar-refractivity contribution in [3.8, 4) is 0 Å². The van der Waals surface area contributed by atoms with E-state index < -0.39 is 0 Å². The third-order valence-electron chi connectivity index (χ3n) is 3.07. The van der Waals surface area contributed by atoms with Crippen molar-refractivity contribution in [3.05, 3.63) is 0 Å². The van der Waals surface area contributed by atoms with Gasteiger partial charge in [-0.15, -0.1) is 0 Å². The summed E-state index contributed by atoms with van der Waals surface area (Å²) in [5.74, 6) is 1.07. The third-order valence-corrected chi connectivity index (χ3v) is 4.59. The monoisotopic (exact) mass is 310 g/mol. The van der Waals surface area contributed by atoms with Crippen molar-refractivity contribution < 1.29 is 5.11 Å². The van der Waals surface area contributed by atoms with Gasteiger partial charge < -0.3 is 5.11 Å². The van der Waals surface area contributed by atoms with Crippen LogP contribution in [-0.2, 0) is 0 Å². The minimum atomic E-state index is 0.374. The third kappa shape index (κ3) is 6.23. The van der Waals surface area contributed by atoms with E-state index in [1.807, 2.05) is 0 Å². The maximum absolute atomic E-state index is 8.60. The van der Waals surface area contributed by atoms with E-state index in [4.69, 9.17) is 5.11 Å². The fraction of sp³-hybridized carbons (Fsp3) is 1.00. The Morgan fingerprint density at radius 3 is 1.93 bits per heavy atom. The van der Waals surface area contributed by atoms with E-state index in [2.05, 4.69) is 22.6 Å². The van der Waals surface area contributed by atoms with E-state index in [1.54, 1.807) is 0 Å². The maximum atomic E-state index is 8.60. The first-order valence-corrected chi connectivity index (χ1v) is 7.34. The first-order valence-electron chi connectivity index (χ1n) is 6.09. The molecule has 1 N–H and O–H groups in total. The highest BCUT2D eigenvalue weighted by atomic mass is 127. The number of aliphatic hydroxyl groups excluding tert-OH is 1. The Labute approximate surface area is 102 Å². The average Bonchev–Trinajstić information content (AvgIpc) is 2.87. The fourth-order valence-electron chi connectivity index (χ4n) is 1.91. The molecule has 0 unspecified atom stereocenters. The molecule has 0 aliphatic heterocycles. The summed E-state index contributed by atoms with van der Waals surface area (Å²) in [5, 5.41) is 8.60. The van der Waals surface area contributed by atoms with Gasteiger partial charge in [-0.2, -0.15) is 0 Å². The summed E-state index contributed by atoms with van der Waals surface area (Å²) in [7, 11) is 0. The van der Waals surface area contributed by atoms with Crippen LogP contribution in [0.1, 0.15) is 57.8 Å². The lowest BCUT2D eigenvalue weighted by molar-refractivity contribution is 0.282. The second-order valence-corrected chi connectivity index (χ2v) is 6.10. The van der Waals surface area contributed by atoms with Gasteiger partial charge in [0, 0.05) is 10.5 Å². The van der Waals surface area contributed by atoms with Gasteiger partial charge in [-0.25, -0.2) is 0 Å². The molecule has 1 saturated carbocycles. The van der Waals surface area contributed by atoms with Crippen molar-refractivity contribution in [1.29, 1.82) is 0 Å². The number of rotatable bonds is 9. The van der Waals surface area contributed by atoms with Gasteiger partial charge in [0.1, 0.15) is 0 Å². The Morgan fingerprint density at radius 2 is 1.43 bits per heavy atom. The van der Waals surface area contributed by atoms with E-state index in [-0.39, 0.29) is 0 Å². The lowest BCUT2D eigenvalue weighted by Gasteiger charge is -2.00. The zero-order chi connectivity index (χ0) is 10.2. The van der Waals surface area contributed by atoms with Crippen LogP contribution in [-0.4, -0.2) is 15.6 Å². The van der Waals surface area contributed by atoms with Crippen LogP contribution in [0, 0.1) is 5.92 Å². The summed E-state index contributed by atoms with van der Waals surface area (Å²) in [6, 6.07) is 0. The second kappa shape index (κ2) is 7.91. The molecule has 2 atom stereocenters. The topological polar surface area (TPSA) is 20.2 Å². The minimum Gasteiger partial charge on any atom is -0.396 e.